The molecule has 0 atom stereocenters. The standard InChI is InChI=1S/C19H14S/c1-13-11-12-16-15-9-5-6-10-17(15)20-19(16)18(13)14-7-3-2-4-8-14/h2-12H,1H3/i2D,3D,4D,5D,6D,7D,8D,9D,10D,11D,12D. The summed E-state index contributed by atoms with van der Waals surface area (Å²) in [7, 11) is 0. The van der Waals surface area contributed by atoms with E-state index in [4.69, 9.17) is 15.1 Å². The minimum absolute atomic E-state index is 0.0955. The van der Waals surface area contributed by atoms with Crippen LogP contribution in [0.15, 0.2) is 66.5 Å². The summed E-state index contributed by atoms with van der Waals surface area (Å²) < 4.78 is 90.4. The summed E-state index contributed by atoms with van der Waals surface area (Å²) in [6.45, 7) is 1.52. The molecule has 0 saturated carbocycles. The summed E-state index contributed by atoms with van der Waals surface area (Å²) in [6, 6.07) is -4.51. The molecule has 0 nitrogen and oxygen atoms in total. The molecule has 96 valence electrons. The minimum Gasteiger partial charge on any atom is -0.135 e. The molecular weight excluding hydrogens is 260 g/mol. The molecular formula is C19H14S. The Morgan fingerprint density at radius 1 is 0.800 bits per heavy atom. The molecule has 0 N–H and O–H groups in total. The molecule has 4 aromatic rings. The molecule has 0 aliphatic carbocycles. The third-order valence-electron chi connectivity index (χ3n) is 3.06. The van der Waals surface area contributed by atoms with Crippen LogP contribution >= 0.6 is 11.3 Å². The van der Waals surface area contributed by atoms with Crippen LogP contribution in [0.1, 0.15) is 20.6 Å². The lowest BCUT2D eigenvalue weighted by molar-refractivity contribution is 1.50. The third kappa shape index (κ3) is 1.67. The average molecular weight is 285 g/mol. The Balaban J connectivity index is 2.36. The maximum atomic E-state index is 8.47. The van der Waals surface area contributed by atoms with E-state index in [1.165, 1.54) is 6.92 Å². The molecule has 0 radical (unpaired) electrons. The van der Waals surface area contributed by atoms with Crippen molar-refractivity contribution in [2.45, 2.75) is 6.92 Å². The van der Waals surface area contributed by atoms with E-state index in [2.05, 4.69) is 0 Å². The summed E-state index contributed by atoms with van der Waals surface area (Å²) in [5.41, 5.74) is 0.285. The molecule has 0 aliphatic rings. The molecule has 1 aromatic heterocycles. The number of hydrogen-bond donors (Lipinski definition) is 0. The monoisotopic (exact) mass is 285 g/mol. The van der Waals surface area contributed by atoms with Crippen LogP contribution in [0.25, 0.3) is 31.3 Å². The number of rotatable bonds is 1. The fourth-order valence-electron chi connectivity index (χ4n) is 2.18. The van der Waals surface area contributed by atoms with Crippen LogP contribution in [0.2, 0.25) is 0 Å². The van der Waals surface area contributed by atoms with Crippen molar-refractivity contribution in [2.75, 3.05) is 0 Å². The van der Waals surface area contributed by atoms with Gasteiger partial charge in [0.25, 0.3) is 0 Å². The maximum absolute atomic E-state index is 8.47. The van der Waals surface area contributed by atoms with Crippen molar-refractivity contribution < 1.29 is 15.1 Å². The molecule has 1 heteroatoms. The van der Waals surface area contributed by atoms with Gasteiger partial charge in [-0.3, -0.25) is 0 Å². The summed E-state index contributed by atoms with van der Waals surface area (Å²) in [5.74, 6) is 0. The maximum Gasteiger partial charge on any atom is 0.0638 e. The van der Waals surface area contributed by atoms with Crippen LogP contribution < -0.4 is 0 Å². The lowest BCUT2D eigenvalue weighted by Gasteiger charge is -2.07. The fourth-order valence-corrected chi connectivity index (χ4v) is 3.35. The van der Waals surface area contributed by atoms with Crippen LogP contribution in [0.4, 0.5) is 0 Å². The lowest BCUT2D eigenvalue weighted by Crippen LogP contribution is -1.83. The number of fused-ring (bicyclic) bond motifs is 3. The molecule has 0 saturated heterocycles. The quantitative estimate of drug-likeness (QED) is 0.400. The highest BCUT2D eigenvalue weighted by Gasteiger charge is 2.11. The molecule has 0 aliphatic heterocycles. The second-order valence-electron chi connectivity index (χ2n) is 4.26. The Morgan fingerprint density at radius 2 is 1.55 bits per heavy atom. The van der Waals surface area contributed by atoms with Crippen LogP contribution in [0, 0.1) is 6.92 Å². The first-order valence-electron chi connectivity index (χ1n) is 11.4. The van der Waals surface area contributed by atoms with Gasteiger partial charge < -0.3 is 0 Å². The summed E-state index contributed by atoms with van der Waals surface area (Å²) in [5, 5.41) is 0.211. The van der Waals surface area contributed by atoms with Gasteiger partial charge in [-0.05, 0) is 24.1 Å². The van der Waals surface area contributed by atoms with E-state index in [0.717, 1.165) is 11.3 Å². The first-order chi connectivity index (χ1) is 14.4. The van der Waals surface area contributed by atoms with Gasteiger partial charge in [0.15, 0.2) is 0 Å². The van der Waals surface area contributed by atoms with Gasteiger partial charge in [-0.2, -0.15) is 0 Å². The van der Waals surface area contributed by atoms with Gasteiger partial charge in [0.05, 0.1) is 15.1 Å². The number of thiophene rings is 1. The normalized spacial score (nSPS) is 18.9. The Labute approximate surface area is 137 Å². The number of hydrogen-bond acceptors (Lipinski definition) is 1. The van der Waals surface area contributed by atoms with E-state index in [1.54, 1.807) is 0 Å². The Hall–Kier alpha value is -2.12. The second kappa shape index (κ2) is 4.46. The molecule has 0 spiro atoms. The average Bonchev–Trinajstić information content (AvgIpc) is 3.14. The minimum atomic E-state index is -0.549. The van der Waals surface area contributed by atoms with E-state index in [-0.39, 0.29) is 56.3 Å². The van der Waals surface area contributed by atoms with Crippen LogP contribution in [-0.2, 0) is 0 Å². The summed E-state index contributed by atoms with van der Waals surface area (Å²) >= 11 is 0.967. The second-order valence-corrected chi connectivity index (χ2v) is 5.28. The molecule has 3 aromatic carbocycles. The van der Waals surface area contributed by atoms with Crippen LogP contribution in [0.3, 0.4) is 0 Å². The summed E-state index contributed by atoms with van der Waals surface area (Å²) in [6.07, 6.45) is 0. The van der Waals surface area contributed by atoms with Crippen molar-refractivity contribution >= 4 is 31.5 Å². The molecule has 1 heterocycles. The first kappa shape index (κ1) is 5.01. The predicted octanol–water partition coefficient (Wildman–Crippen LogP) is 6.03. The zero-order valence-electron chi connectivity index (χ0n) is 21.4. The Morgan fingerprint density at radius 3 is 2.40 bits per heavy atom. The van der Waals surface area contributed by atoms with Gasteiger partial charge in [-0.25, -0.2) is 0 Å². The van der Waals surface area contributed by atoms with Crippen molar-refractivity contribution in [1.29, 1.82) is 0 Å². The first-order valence-corrected chi connectivity index (χ1v) is 6.72. The van der Waals surface area contributed by atoms with E-state index >= 15 is 0 Å². The zero-order valence-corrected chi connectivity index (χ0v) is 11.2. The van der Waals surface area contributed by atoms with Crippen molar-refractivity contribution in [2.24, 2.45) is 0 Å². The topological polar surface area (TPSA) is 0 Å². The molecule has 0 bridgehead atoms. The highest BCUT2D eigenvalue weighted by Crippen LogP contribution is 2.41. The lowest BCUT2D eigenvalue weighted by atomic mass is 9.98. The van der Waals surface area contributed by atoms with E-state index < -0.39 is 42.3 Å². The highest BCUT2D eigenvalue weighted by atomic mass is 32.1. The molecule has 0 fully saturated rings. The third-order valence-corrected chi connectivity index (χ3v) is 4.18. The van der Waals surface area contributed by atoms with Gasteiger partial charge in [-0.1, -0.05) is 60.4 Å². The summed E-state index contributed by atoms with van der Waals surface area (Å²) in [4.78, 5) is 0. The molecule has 0 amide bonds. The van der Waals surface area contributed by atoms with Gasteiger partial charge in [0, 0.05) is 25.7 Å². The van der Waals surface area contributed by atoms with Gasteiger partial charge in [-0.15, -0.1) is 11.3 Å². The molecule has 0 unspecified atom stereocenters. The SMILES string of the molecule is [2H]c1c([2H])c([2H])c(-c2c(C)c([2H])c([2H])c3c2sc2c([2H])c([2H])c([2H])c([2H])c23)c([2H])c1[2H]. The van der Waals surface area contributed by atoms with Crippen LogP contribution in [0.5, 0.6) is 0 Å². The van der Waals surface area contributed by atoms with Crippen molar-refractivity contribution in [3.8, 4) is 11.1 Å². The predicted molar refractivity (Wildman–Crippen MR) is 89.5 cm³/mol. The van der Waals surface area contributed by atoms with E-state index in [0.29, 0.717) is 4.70 Å². The Bertz CT molecular complexity index is 1420. The fraction of sp³-hybridized carbons (Fsp3) is 0.0526. The largest absolute Gasteiger partial charge is 0.135 e. The van der Waals surface area contributed by atoms with Gasteiger partial charge in [0.1, 0.15) is 0 Å². The zero-order chi connectivity index (χ0) is 23.1. The highest BCUT2D eigenvalue weighted by molar-refractivity contribution is 7.26. The van der Waals surface area contributed by atoms with Crippen molar-refractivity contribution in [3.05, 3.63) is 72.0 Å². The van der Waals surface area contributed by atoms with E-state index in [1.807, 2.05) is 0 Å². The van der Waals surface area contributed by atoms with Gasteiger partial charge >= 0.3 is 0 Å². The molecule has 4 rings (SSSR count). The van der Waals surface area contributed by atoms with Crippen molar-refractivity contribution in [1.82, 2.24) is 0 Å². The smallest absolute Gasteiger partial charge is 0.0638 e. The number of benzene rings is 3. The van der Waals surface area contributed by atoms with Gasteiger partial charge in [0.2, 0.25) is 0 Å². The molecule has 20 heavy (non-hydrogen) atoms. The van der Waals surface area contributed by atoms with E-state index in [9.17, 15) is 0 Å². The Kier molecular flexibility index (Phi) is 1.12. The van der Waals surface area contributed by atoms with Crippen molar-refractivity contribution in [3.63, 3.8) is 0 Å². The van der Waals surface area contributed by atoms with Crippen LogP contribution in [-0.4, -0.2) is 0 Å².